The van der Waals surface area contributed by atoms with Crippen LogP contribution < -0.4 is 10.1 Å². The van der Waals surface area contributed by atoms with Crippen molar-refractivity contribution in [2.75, 3.05) is 13.2 Å². The van der Waals surface area contributed by atoms with Crippen LogP contribution in [-0.2, 0) is 47.0 Å². The number of carbonyl (C=O) groups excluding carboxylic acids is 1. The van der Waals surface area contributed by atoms with Crippen molar-refractivity contribution in [2.45, 2.75) is 50.9 Å². The second-order valence-corrected chi connectivity index (χ2v) is 12.1. The normalized spacial score (nSPS) is 15.9. The van der Waals surface area contributed by atoms with Gasteiger partial charge in [0.25, 0.3) is 0 Å². The molecule has 6 nitrogen and oxygen atoms in total. The number of rotatable bonds is 15. The van der Waals surface area contributed by atoms with E-state index < -0.39 is 6.10 Å². The van der Waals surface area contributed by atoms with Crippen molar-refractivity contribution in [1.29, 1.82) is 0 Å². The van der Waals surface area contributed by atoms with Crippen LogP contribution in [0.4, 0.5) is 4.39 Å². The number of hydrogen-bond acceptors (Lipinski definition) is 6. The molecular formula is C41H41FN2O4. The third kappa shape index (κ3) is 9.61. The van der Waals surface area contributed by atoms with Gasteiger partial charge in [-0.15, -0.1) is 0 Å². The number of nitrogens with zero attached hydrogens (tertiary/aromatic N) is 1. The number of esters is 1. The number of halogens is 1. The molecule has 1 aliphatic rings. The average Bonchev–Trinajstić information content (AvgIpc) is 3.12. The van der Waals surface area contributed by atoms with Crippen molar-refractivity contribution in [3.8, 4) is 5.75 Å². The smallest absolute Gasteiger partial charge is 0.319 e. The minimum absolute atomic E-state index is 0.0946. The Balaban J connectivity index is 1.37. The van der Waals surface area contributed by atoms with Crippen LogP contribution in [0.25, 0.3) is 0 Å². The van der Waals surface area contributed by atoms with E-state index in [-0.39, 0.29) is 37.0 Å². The van der Waals surface area contributed by atoms with Crippen LogP contribution in [0, 0.1) is 5.82 Å². The van der Waals surface area contributed by atoms with E-state index >= 15 is 4.39 Å². The maximum absolute atomic E-state index is 15.3. The molecule has 0 bridgehead atoms. The summed E-state index contributed by atoms with van der Waals surface area (Å²) in [6.45, 7) is 2.23. The highest BCUT2D eigenvalue weighted by Gasteiger charge is 2.37. The van der Waals surface area contributed by atoms with Crippen molar-refractivity contribution < 1.29 is 23.4 Å². The quantitative estimate of drug-likeness (QED) is 0.123. The fourth-order valence-corrected chi connectivity index (χ4v) is 6.16. The molecule has 5 aromatic rings. The van der Waals surface area contributed by atoms with E-state index in [1.54, 1.807) is 6.07 Å². The average molecular weight is 645 g/mol. The SMILES string of the molecule is O=C1CNC([C@H](OCc2ccccc2)[C@H](Cc2cc(F)cc(OCc3ccccc3)c2)N(Cc2ccccc2)Cc2ccccc2)CO1. The summed E-state index contributed by atoms with van der Waals surface area (Å²) in [7, 11) is 0. The van der Waals surface area contributed by atoms with E-state index in [1.165, 1.54) is 6.07 Å². The number of nitrogens with one attached hydrogen (secondary N) is 1. The zero-order valence-electron chi connectivity index (χ0n) is 26.9. The molecule has 0 amide bonds. The highest BCUT2D eigenvalue weighted by atomic mass is 19.1. The lowest BCUT2D eigenvalue weighted by atomic mass is 9.93. The van der Waals surface area contributed by atoms with Crippen LogP contribution in [-0.4, -0.2) is 42.2 Å². The van der Waals surface area contributed by atoms with Gasteiger partial charge in [0.05, 0.1) is 25.3 Å². The molecule has 246 valence electrons. The number of ether oxygens (including phenoxy) is 3. The van der Waals surface area contributed by atoms with Crippen molar-refractivity contribution in [3.63, 3.8) is 0 Å². The van der Waals surface area contributed by atoms with Crippen LogP contribution in [0.15, 0.2) is 140 Å². The minimum Gasteiger partial charge on any atom is -0.489 e. The predicted octanol–water partition coefficient (Wildman–Crippen LogP) is 7.12. The largest absolute Gasteiger partial charge is 0.489 e. The zero-order valence-corrected chi connectivity index (χ0v) is 26.9. The van der Waals surface area contributed by atoms with Crippen molar-refractivity contribution in [2.24, 2.45) is 0 Å². The highest BCUT2D eigenvalue weighted by molar-refractivity contribution is 5.72. The molecule has 1 unspecified atom stereocenters. The first-order chi connectivity index (χ1) is 23.6. The molecule has 1 N–H and O–H groups in total. The molecule has 1 heterocycles. The molecule has 1 saturated heterocycles. The Morgan fingerprint density at radius 1 is 0.708 bits per heavy atom. The Morgan fingerprint density at radius 2 is 1.25 bits per heavy atom. The van der Waals surface area contributed by atoms with Gasteiger partial charge in [-0.1, -0.05) is 121 Å². The molecule has 5 aromatic carbocycles. The molecule has 0 aromatic heterocycles. The third-order valence-electron chi connectivity index (χ3n) is 8.54. The van der Waals surface area contributed by atoms with Gasteiger partial charge in [0.1, 0.15) is 24.8 Å². The monoisotopic (exact) mass is 644 g/mol. The molecule has 0 saturated carbocycles. The van der Waals surface area contributed by atoms with Crippen molar-refractivity contribution in [1.82, 2.24) is 10.2 Å². The van der Waals surface area contributed by atoms with Gasteiger partial charge in [-0.2, -0.15) is 0 Å². The van der Waals surface area contributed by atoms with E-state index in [2.05, 4.69) is 34.5 Å². The fraction of sp³-hybridized carbons (Fsp3) is 0.244. The van der Waals surface area contributed by atoms with Crippen LogP contribution in [0.3, 0.4) is 0 Å². The van der Waals surface area contributed by atoms with Crippen molar-refractivity contribution >= 4 is 5.97 Å². The van der Waals surface area contributed by atoms with Crippen LogP contribution in [0.1, 0.15) is 27.8 Å². The maximum Gasteiger partial charge on any atom is 0.319 e. The molecule has 0 radical (unpaired) electrons. The summed E-state index contributed by atoms with van der Waals surface area (Å²) in [4.78, 5) is 14.5. The number of carbonyl (C=O) groups is 1. The Hall–Kier alpha value is -4.82. The fourth-order valence-electron chi connectivity index (χ4n) is 6.16. The van der Waals surface area contributed by atoms with Crippen LogP contribution >= 0.6 is 0 Å². The predicted molar refractivity (Wildman–Crippen MR) is 185 cm³/mol. The molecular weight excluding hydrogens is 603 g/mol. The third-order valence-corrected chi connectivity index (χ3v) is 8.54. The second-order valence-electron chi connectivity index (χ2n) is 12.1. The summed E-state index contributed by atoms with van der Waals surface area (Å²) in [5.74, 6) is -0.185. The molecule has 6 rings (SSSR count). The number of benzene rings is 5. The van der Waals surface area contributed by atoms with Gasteiger partial charge in [-0.05, 0) is 46.4 Å². The molecule has 1 aliphatic heterocycles. The lowest BCUT2D eigenvalue weighted by molar-refractivity contribution is -0.151. The maximum atomic E-state index is 15.3. The first-order valence-electron chi connectivity index (χ1n) is 16.4. The molecule has 7 heteroatoms. The summed E-state index contributed by atoms with van der Waals surface area (Å²) in [6.07, 6.45) is 0.0349. The highest BCUT2D eigenvalue weighted by Crippen LogP contribution is 2.27. The van der Waals surface area contributed by atoms with Gasteiger partial charge >= 0.3 is 5.97 Å². The standard InChI is InChI=1S/C41H41FN2O4/c42-36-21-35(22-37(24-36)46-28-33-17-9-3-10-18-33)23-39(44(26-31-13-5-1-6-14-31)27-32-15-7-2-8-16-32)41(38-30-47-40(45)25-43-38)48-29-34-19-11-4-12-20-34/h1-22,24,38-39,41,43H,23,25-30H2/t38?,39-,41-/m0/s1. The molecule has 0 spiro atoms. The Morgan fingerprint density at radius 3 is 1.79 bits per heavy atom. The van der Waals surface area contributed by atoms with Crippen molar-refractivity contribution in [3.05, 3.63) is 173 Å². The Kier molecular flexibility index (Phi) is 11.6. The first-order valence-corrected chi connectivity index (χ1v) is 16.4. The second kappa shape index (κ2) is 16.8. The van der Waals surface area contributed by atoms with Gasteiger partial charge in [0, 0.05) is 25.2 Å². The zero-order chi connectivity index (χ0) is 33.0. The summed E-state index contributed by atoms with van der Waals surface area (Å²) in [6, 6.07) is 44.9. The number of cyclic esters (lactones) is 1. The van der Waals surface area contributed by atoms with Crippen LogP contribution in [0.2, 0.25) is 0 Å². The van der Waals surface area contributed by atoms with Gasteiger partial charge in [0.15, 0.2) is 0 Å². The molecule has 3 atom stereocenters. The topological polar surface area (TPSA) is 60.0 Å². The van der Waals surface area contributed by atoms with E-state index in [0.717, 1.165) is 27.8 Å². The van der Waals surface area contributed by atoms with E-state index in [9.17, 15) is 4.79 Å². The summed E-state index contributed by atoms with van der Waals surface area (Å²) in [5.41, 5.74) is 5.12. The first kappa shape index (κ1) is 33.1. The summed E-state index contributed by atoms with van der Waals surface area (Å²) >= 11 is 0. The van der Waals surface area contributed by atoms with E-state index in [1.807, 2.05) is 103 Å². The molecule has 0 aliphatic carbocycles. The Bertz CT molecular complexity index is 1660. The summed E-state index contributed by atoms with van der Waals surface area (Å²) in [5, 5.41) is 3.39. The lowest BCUT2D eigenvalue weighted by Gasteiger charge is -2.42. The van der Waals surface area contributed by atoms with Crippen LogP contribution in [0.5, 0.6) is 5.75 Å². The van der Waals surface area contributed by atoms with Gasteiger partial charge in [-0.3, -0.25) is 15.0 Å². The van der Waals surface area contributed by atoms with Gasteiger partial charge in [-0.25, -0.2) is 4.39 Å². The molecule has 48 heavy (non-hydrogen) atoms. The van der Waals surface area contributed by atoms with E-state index in [0.29, 0.717) is 38.5 Å². The number of morpholine rings is 1. The minimum atomic E-state index is -0.428. The molecule has 1 fully saturated rings. The lowest BCUT2D eigenvalue weighted by Crippen LogP contribution is -2.59. The summed E-state index contributed by atoms with van der Waals surface area (Å²) < 4.78 is 33.8. The van der Waals surface area contributed by atoms with Gasteiger partial charge in [0.2, 0.25) is 0 Å². The van der Waals surface area contributed by atoms with Gasteiger partial charge < -0.3 is 14.2 Å². The van der Waals surface area contributed by atoms with E-state index in [4.69, 9.17) is 14.2 Å². The Labute approximate surface area is 282 Å². The number of hydrogen-bond donors (Lipinski definition) is 1.